The smallest absolute Gasteiger partial charge is 0.329 e. The average molecular weight is 304 g/mol. The van der Waals surface area contributed by atoms with Crippen LogP contribution in [0.25, 0.3) is 0 Å². The van der Waals surface area contributed by atoms with Crippen LogP contribution in [0.15, 0.2) is 30.3 Å². The third-order valence-electron chi connectivity index (χ3n) is 4.04. The topological polar surface area (TPSA) is 72.6 Å². The highest BCUT2D eigenvalue weighted by Gasteiger charge is 2.37. The first-order chi connectivity index (χ1) is 10.5. The van der Waals surface area contributed by atoms with Crippen LogP contribution in [0, 0.1) is 5.92 Å². The van der Waals surface area contributed by atoms with Gasteiger partial charge in [0.05, 0.1) is 6.04 Å². The number of nitrogens with zero attached hydrogens (tertiary/aromatic N) is 1. The Labute approximate surface area is 131 Å². The van der Waals surface area contributed by atoms with Crippen LogP contribution in [0.1, 0.15) is 32.3 Å². The normalized spacial score (nSPS) is 19.3. The molecule has 5 nitrogen and oxygen atoms in total. The number of hydrogen-bond acceptors (Lipinski definition) is 4. The fourth-order valence-electron chi connectivity index (χ4n) is 2.58. The van der Waals surface area contributed by atoms with Gasteiger partial charge in [0, 0.05) is 6.54 Å². The monoisotopic (exact) mass is 304 g/mol. The first kappa shape index (κ1) is 16.5. The lowest BCUT2D eigenvalue weighted by molar-refractivity contribution is -0.155. The molecule has 5 heteroatoms. The Bertz CT molecular complexity index is 516. The summed E-state index contributed by atoms with van der Waals surface area (Å²) in [6, 6.07) is 8.45. The Hall–Kier alpha value is -1.88. The highest BCUT2D eigenvalue weighted by atomic mass is 16.5. The number of carbonyl (C=O) groups is 2. The molecule has 0 spiro atoms. The molecule has 22 heavy (non-hydrogen) atoms. The number of rotatable bonds is 5. The van der Waals surface area contributed by atoms with E-state index in [9.17, 15) is 9.59 Å². The van der Waals surface area contributed by atoms with Crippen molar-refractivity contribution < 1.29 is 14.3 Å². The Morgan fingerprint density at radius 3 is 2.64 bits per heavy atom. The lowest BCUT2D eigenvalue weighted by Crippen LogP contribution is -2.50. The van der Waals surface area contributed by atoms with E-state index < -0.39 is 12.1 Å². The highest BCUT2D eigenvalue weighted by molar-refractivity contribution is 5.88. The molecule has 120 valence electrons. The number of benzene rings is 1. The van der Waals surface area contributed by atoms with E-state index in [1.165, 1.54) is 0 Å². The fraction of sp³-hybridized carbons (Fsp3) is 0.529. The fourth-order valence-corrected chi connectivity index (χ4v) is 2.58. The Morgan fingerprint density at radius 1 is 1.32 bits per heavy atom. The number of esters is 1. The molecule has 0 radical (unpaired) electrons. The number of likely N-dealkylation sites (tertiary alicyclic amines) is 1. The summed E-state index contributed by atoms with van der Waals surface area (Å²) < 4.78 is 5.36. The van der Waals surface area contributed by atoms with Gasteiger partial charge >= 0.3 is 5.97 Å². The molecule has 0 aliphatic carbocycles. The number of amides is 1. The van der Waals surface area contributed by atoms with Gasteiger partial charge in [-0.15, -0.1) is 0 Å². The third kappa shape index (κ3) is 3.85. The van der Waals surface area contributed by atoms with Gasteiger partial charge in [0.1, 0.15) is 12.6 Å². The number of hydrogen-bond donors (Lipinski definition) is 1. The summed E-state index contributed by atoms with van der Waals surface area (Å²) >= 11 is 0. The van der Waals surface area contributed by atoms with E-state index in [1.54, 1.807) is 4.90 Å². The van der Waals surface area contributed by atoms with E-state index >= 15 is 0 Å². The van der Waals surface area contributed by atoms with Crippen molar-refractivity contribution in [2.75, 3.05) is 6.54 Å². The van der Waals surface area contributed by atoms with E-state index in [0.29, 0.717) is 13.0 Å². The van der Waals surface area contributed by atoms with Gasteiger partial charge in [-0.1, -0.05) is 44.2 Å². The quantitative estimate of drug-likeness (QED) is 0.840. The molecule has 0 saturated carbocycles. The van der Waals surface area contributed by atoms with Gasteiger partial charge in [-0.25, -0.2) is 4.79 Å². The molecule has 2 unspecified atom stereocenters. The summed E-state index contributed by atoms with van der Waals surface area (Å²) in [6.45, 7) is 4.61. The molecule has 1 fully saturated rings. The third-order valence-corrected chi connectivity index (χ3v) is 4.04. The van der Waals surface area contributed by atoms with Crippen LogP contribution >= 0.6 is 0 Å². The predicted molar refractivity (Wildman–Crippen MR) is 83.8 cm³/mol. The number of nitrogens with two attached hydrogens (primary N) is 1. The van der Waals surface area contributed by atoms with Gasteiger partial charge < -0.3 is 15.4 Å². The molecule has 0 aromatic heterocycles. The van der Waals surface area contributed by atoms with Gasteiger partial charge in [-0.3, -0.25) is 4.79 Å². The van der Waals surface area contributed by atoms with E-state index in [-0.39, 0.29) is 24.4 Å². The molecule has 2 atom stereocenters. The zero-order chi connectivity index (χ0) is 16.1. The summed E-state index contributed by atoms with van der Waals surface area (Å²) in [7, 11) is 0. The summed E-state index contributed by atoms with van der Waals surface area (Å²) in [5.74, 6) is -0.450. The molecular formula is C17H24N2O3. The van der Waals surface area contributed by atoms with Gasteiger partial charge in [0.15, 0.2) is 0 Å². The van der Waals surface area contributed by atoms with Crippen LogP contribution in [0.4, 0.5) is 0 Å². The summed E-state index contributed by atoms with van der Waals surface area (Å²) in [4.78, 5) is 26.2. The van der Waals surface area contributed by atoms with E-state index in [4.69, 9.17) is 10.5 Å². The minimum Gasteiger partial charge on any atom is -0.459 e. The summed E-state index contributed by atoms with van der Waals surface area (Å²) in [6.07, 6.45) is 1.45. The van der Waals surface area contributed by atoms with Crippen molar-refractivity contribution >= 4 is 11.9 Å². The second-order valence-corrected chi connectivity index (χ2v) is 6.05. The van der Waals surface area contributed by atoms with Crippen molar-refractivity contribution in [2.45, 2.75) is 45.4 Å². The van der Waals surface area contributed by atoms with Crippen molar-refractivity contribution in [3.63, 3.8) is 0 Å². The molecule has 1 amide bonds. The predicted octanol–water partition coefficient (Wildman–Crippen LogP) is 1.70. The van der Waals surface area contributed by atoms with E-state index in [0.717, 1.165) is 12.0 Å². The maximum Gasteiger partial charge on any atom is 0.329 e. The molecule has 1 aromatic rings. The molecular weight excluding hydrogens is 280 g/mol. The van der Waals surface area contributed by atoms with Crippen molar-refractivity contribution in [1.29, 1.82) is 0 Å². The molecule has 1 aliphatic heterocycles. The van der Waals surface area contributed by atoms with Crippen LogP contribution in [0.3, 0.4) is 0 Å². The van der Waals surface area contributed by atoms with Crippen molar-refractivity contribution in [2.24, 2.45) is 11.7 Å². The van der Waals surface area contributed by atoms with Crippen LogP contribution in [-0.4, -0.2) is 35.4 Å². The Morgan fingerprint density at radius 2 is 2.00 bits per heavy atom. The molecule has 2 rings (SSSR count). The van der Waals surface area contributed by atoms with Gasteiger partial charge in [0.25, 0.3) is 0 Å². The average Bonchev–Trinajstić information content (AvgIpc) is 3.01. The van der Waals surface area contributed by atoms with Crippen molar-refractivity contribution in [3.8, 4) is 0 Å². The van der Waals surface area contributed by atoms with E-state index in [1.807, 2.05) is 44.2 Å². The second-order valence-electron chi connectivity index (χ2n) is 6.05. The number of ether oxygens (including phenoxy) is 1. The lowest BCUT2D eigenvalue weighted by Gasteiger charge is -2.27. The Balaban J connectivity index is 1.95. The maximum atomic E-state index is 12.4. The minimum absolute atomic E-state index is 0.0501. The van der Waals surface area contributed by atoms with Crippen LogP contribution < -0.4 is 5.73 Å². The minimum atomic E-state index is -0.567. The molecule has 1 aromatic carbocycles. The van der Waals surface area contributed by atoms with Crippen molar-refractivity contribution in [3.05, 3.63) is 35.9 Å². The van der Waals surface area contributed by atoms with Crippen LogP contribution in [0.5, 0.6) is 0 Å². The van der Waals surface area contributed by atoms with E-state index in [2.05, 4.69) is 0 Å². The highest BCUT2D eigenvalue weighted by Crippen LogP contribution is 2.21. The van der Waals surface area contributed by atoms with Gasteiger partial charge in [0.2, 0.25) is 5.91 Å². The van der Waals surface area contributed by atoms with Gasteiger partial charge in [-0.05, 0) is 24.3 Å². The largest absolute Gasteiger partial charge is 0.459 e. The molecule has 1 heterocycles. The van der Waals surface area contributed by atoms with Crippen LogP contribution in [0.2, 0.25) is 0 Å². The standard InChI is InChI=1S/C17H24N2O3/c1-12(2)15(18)16(20)19-10-6-9-14(19)17(21)22-11-13-7-4-3-5-8-13/h3-5,7-8,12,14-15H,6,9-11,18H2,1-2H3. The lowest BCUT2D eigenvalue weighted by atomic mass is 10.0. The zero-order valence-electron chi connectivity index (χ0n) is 13.2. The molecule has 1 saturated heterocycles. The molecule has 2 N–H and O–H groups in total. The van der Waals surface area contributed by atoms with Crippen LogP contribution in [-0.2, 0) is 20.9 Å². The zero-order valence-corrected chi connectivity index (χ0v) is 13.2. The Kier molecular flexibility index (Phi) is 5.55. The summed E-state index contributed by atoms with van der Waals surface area (Å²) in [5.41, 5.74) is 6.86. The maximum absolute atomic E-state index is 12.4. The first-order valence-corrected chi connectivity index (χ1v) is 7.77. The molecule has 1 aliphatic rings. The van der Waals surface area contributed by atoms with Crippen molar-refractivity contribution in [1.82, 2.24) is 4.90 Å². The second kappa shape index (κ2) is 7.40. The van der Waals surface area contributed by atoms with Gasteiger partial charge in [-0.2, -0.15) is 0 Å². The number of carbonyl (C=O) groups excluding carboxylic acids is 2. The SMILES string of the molecule is CC(C)C(N)C(=O)N1CCCC1C(=O)OCc1ccccc1. The molecule has 0 bridgehead atoms. The first-order valence-electron chi connectivity index (χ1n) is 7.77. The summed E-state index contributed by atoms with van der Waals surface area (Å²) in [5, 5.41) is 0.